The monoisotopic (exact) mass is 456 g/mol. The van der Waals surface area contributed by atoms with Crippen LogP contribution in [0.1, 0.15) is 44.4 Å². The van der Waals surface area contributed by atoms with E-state index in [1.165, 1.54) is 33.0 Å². The predicted molar refractivity (Wildman–Crippen MR) is 130 cm³/mol. The quantitative estimate of drug-likeness (QED) is 0.326. The van der Waals surface area contributed by atoms with Gasteiger partial charge in [-0.15, -0.1) is 0 Å². The van der Waals surface area contributed by atoms with Crippen molar-refractivity contribution in [1.82, 2.24) is 0 Å². The molecule has 0 heterocycles. The first kappa shape index (κ1) is 19.5. The largest absolute Gasteiger partial charge is 0.386 e. The molecule has 4 aromatic rings. The van der Waals surface area contributed by atoms with Gasteiger partial charge in [-0.3, -0.25) is 0 Å². The van der Waals surface area contributed by atoms with Crippen molar-refractivity contribution in [2.24, 2.45) is 0 Å². The van der Waals surface area contributed by atoms with Crippen molar-refractivity contribution >= 4 is 26.7 Å². The molecule has 0 spiro atoms. The lowest BCUT2D eigenvalue weighted by Crippen LogP contribution is -2.17. The molecule has 0 saturated carbocycles. The summed E-state index contributed by atoms with van der Waals surface area (Å²) in [6.07, 6.45) is 0. The number of rotatable bonds is 2. The van der Waals surface area contributed by atoms with Crippen molar-refractivity contribution in [2.75, 3.05) is 0 Å². The molecule has 0 radical (unpaired) electrons. The van der Waals surface area contributed by atoms with Gasteiger partial charge >= 0.3 is 0 Å². The number of aliphatic hydroxyl groups is 1. The number of hydrogen-bond donors (Lipinski definition) is 1. The molecule has 0 unspecified atom stereocenters. The van der Waals surface area contributed by atoms with Gasteiger partial charge in [0.05, 0.1) is 5.60 Å². The fourth-order valence-corrected chi connectivity index (χ4v) is 5.32. The zero-order valence-corrected chi connectivity index (χ0v) is 19.3. The zero-order chi connectivity index (χ0) is 21.3. The molecule has 5 rings (SSSR count). The Morgan fingerprint density at radius 2 is 1.47 bits per heavy atom. The second-order valence-electron chi connectivity index (χ2n) is 9.34. The molecule has 1 aliphatic rings. The number of hydrogen-bond acceptors (Lipinski definition) is 1. The summed E-state index contributed by atoms with van der Waals surface area (Å²) < 4.78 is 1.11. The average molecular weight is 457 g/mol. The Morgan fingerprint density at radius 1 is 0.800 bits per heavy atom. The molecule has 0 fully saturated rings. The first-order chi connectivity index (χ1) is 14.2. The Hall–Kier alpha value is -2.42. The third-order valence-electron chi connectivity index (χ3n) is 6.51. The Bertz CT molecular complexity index is 1310. The van der Waals surface area contributed by atoms with E-state index in [1.54, 1.807) is 0 Å². The third-order valence-corrected chi connectivity index (χ3v) is 7.01. The molecule has 0 aliphatic heterocycles. The highest BCUT2D eigenvalue weighted by Crippen LogP contribution is 2.51. The summed E-state index contributed by atoms with van der Waals surface area (Å²) in [4.78, 5) is 0. The van der Waals surface area contributed by atoms with Crippen LogP contribution in [0.3, 0.4) is 0 Å². The number of benzene rings is 4. The molecular weight excluding hydrogens is 432 g/mol. The summed E-state index contributed by atoms with van der Waals surface area (Å²) in [5.74, 6) is 0. The minimum Gasteiger partial charge on any atom is -0.386 e. The van der Waals surface area contributed by atoms with E-state index in [1.807, 2.05) is 13.8 Å². The van der Waals surface area contributed by atoms with Crippen molar-refractivity contribution in [2.45, 2.75) is 38.7 Å². The van der Waals surface area contributed by atoms with Gasteiger partial charge in [-0.05, 0) is 81.8 Å². The van der Waals surface area contributed by atoms with Crippen LogP contribution in [-0.4, -0.2) is 5.11 Å². The van der Waals surface area contributed by atoms with Crippen LogP contribution in [0.4, 0.5) is 0 Å². The molecule has 0 amide bonds. The summed E-state index contributed by atoms with van der Waals surface area (Å²) in [5, 5.41) is 13.3. The van der Waals surface area contributed by atoms with Crippen molar-refractivity contribution in [3.63, 3.8) is 0 Å². The SMILES string of the molecule is CC(C)(O)c1ccc2ccccc2c1-c1ccc2c(c1)C(C)(C)c1cc(Br)ccc1-2. The Balaban J connectivity index is 1.80. The summed E-state index contributed by atoms with van der Waals surface area (Å²) in [5.41, 5.74) is 7.52. The zero-order valence-electron chi connectivity index (χ0n) is 17.8. The van der Waals surface area contributed by atoms with Gasteiger partial charge in [0.25, 0.3) is 0 Å². The van der Waals surface area contributed by atoms with Gasteiger partial charge in [0.15, 0.2) is 0 Å². The smallest absolute Gasteiger partial charge is 0.0846 e. The van der Waals surface area contributed by atoms with Crippen molar-refractivity contribution in [3.05, 3.63) is 94.0 Å². The third kappa shape index (κ3) is 2.85. The molecule has 1 aliphatic carbocycles. The maximum Gasteiger partial charge on any atom is 0.0846 e. The van der Waals surface area contributed by atoms with Crippen LogP contribution >= 0.6 is 15.9 Å². The molecule has 30 heavy (non-hydrogen) atoms. The van der Waals surface area contributed by atoms with Gasteiger partial charge in [0.2, 0.25) is 0 Å². The minimum atomic E-state index is -0.929. The summed E-state index contributed by atoms with van der Waals surface area (Å²) >= 11 is 3.64. The second kappa shape index (κ2) is 6.54. The van der Waals surface area contributed by atoms with Crippen LogP contribution in [0.2, 0.25) is 0 Å². The minimum absolute atomic E-state index is 0.0794. The topological polar surface area (TPSA) is 20.2 Å². The van der Waals surface area contributed by atoms with Gasteiger partial charge in [-0.1, -0.05) is 84.4 Å². The molecular formula is C28H25BrO. The van der Waals surface area contributed by atoms with Gasteiger partial charge in [-0.25, -0.2) is 0 Å². The fourth-order valence-electron chi connectivity index (χ4n) is 4.96. The molecule has 2 heteroatoms. The van der Waals surface area contributed by atoms with E-state index in [2.05, 4.69) is 103 Å². The second-order valence-corrected chi connectivity index (χ2v) is 10.3. The average Bonchev–Trinajstić information content (AvgIpc) is 2.93. The van der Waals surface area contributed by atoms with Crippen LogP contribution in [0.15, 0.2) is 77.3 Å². The lowest BCUT2D eigenvalue weighted by Gasteiger charge is -2.25. The molecule has 150 valence electrons. The van der Waals surface area contributed by atoms with E-state index < -0.39 is 5.60 Å². The van der Waals surface area contributed by atoms with Crippen LogP contribution < -0.4 is 0 Å². The highest BCUT2D eigenvalue weighted by Gasteiger charge is 2.36. The maximum absolute atomic E-state index is 11.0. The predicted octanol–water partition coefficient (Wildman–Crippen LogP) is 7.80. The standard InChI is InChI=1S/C28H25BrO/c1-27(2)24-15-18(9-12-21(24)22-13-11-19(29)16-25(22)27)26-20-8-6-5-7-17(20)10-14-23(26)28(3,4)30/h5-16,30H,1-4H3. The molecule has 0 atom stereocenters. The molecule has 0 saturated heterocycles. The first-order valence-corrected chi connectivity index (χ1v) is 11.2. The van der Waals surface area contributed by atoms with Crippen molar-refractivity contribution in [1.29, 1.82) is 0 Å². The molecule has 1 nitrogen and oxygen atoms in total. The van der Waals surface area contributed by atoms with E-state index in [-0.39, 0.29) is 5.41 Å². The summed E-state index contributed by atoms with van der Waals surface area (Å²) in [6, 6.07) is 26.0. The Morgan fingerprint density at radius 3 is 2.20 bits per heavy atom. The van der Waals surface area contributed by atoms with E-state index in [0.29, 0.717) is 0 Å². The van der Waals surface area contributed by atoms with Crippen LogP contribution in [0.5, 0.6) is 0 Å². The highest BCUT2D eigenvalue weighted by molar-refractivity contribution is 9.10. The van der Waals surface area contributed by atoms with Crippen LogP contribution in [-0.2, 0) is 11.0 Å². The first-order valence-electron chi connectivity index (χ1n) is 10.4. The van der Waals surface area contributed by atoms with Crippen molar-refractivity contribution in [3.8, 4) is 22.3 Å². The fraction of sp³-hybridized carbons (Fsp3) is 0.214. The van der Waals surface area contributed by atoms with Crippen LogP contribution in [0, 0.1) is 0 Å². The lowest BCUT2D eigenvalue weighted by molar-refractivity contribution is 0.0793. The van der Waals surface area contributed by atoms with Gasteiger partial charge in [-0.2, -0.15) is 0 Å². The molecule has 0 bridgehead atoms. The van der Waals surface area contributed by atoms with Crippen LogP contribution in [0.25, 0.3) is 33.0 Å². The van der Waals surface area contributed by atoms with Gasteiger partial charge in [0.1, 0.15) is 0 Å². The number of fused-ring (bicyclic) bond motifs is 4. The van der Waals surface area contributed by atoms with Crippen molar-refractivity contribution < 1.29 is 5.11 Å². The molecule has 4 aromatic carbocycles. The summed E-state index contributed by atoms with van der Waals surface area (Å²) in [7, 11) is 0. The van der Waals surface area contributed by atoms with Gasteiger partial charge < -0.3 is 5.11 Å². The normalized spacial score (nSPS) is 14.6. The van der Waals surface area contributed by atoms with E-state index in [4.69, 9.17) is 0 Å². The molecule has 1 N–H and O–H groups in total. The Labute approximate surface area is 186 Å². The Kier molecular flexibility index (Phi) is 4.26. The van der Waals surface area contributed by atoms with Gasteiger partial charge in [0, 0.05) is 9.89 Å². The maximum atomic E-state index is 11.0. The van der Waals surface area contributed by atoms with E-state index >= 15 is 0 Å². The number of halogens is 1. The molecule has 0 aromatic heterocycles. The summed E-state index contributed by atoms with van der Waals surface area (Å²) in [6.45, 7) is 8.33. The van der Waals surface area contributed by atoms with E-state index in [9.17, 15) is 5.11 Å². The van der Waals surface area contributed by atoms with E-state index in [0.717, 1.165) is 21.2 Å². The highest BCUT2D eigenvalue weighted by atomic mass is 79.9. The lowest BCUT2D eigenvalue weighted by atomic mass is 9.80.